The summed E-state index contributed by atoms with van der Waals surface area (Å²) in [5, 5.41) is 9.04. The van der Waals surface area contributed by atoms with Crippen LogP contribution < -0.4 is 0 Å². The van der Waals surface area contributed by atoms with Gasteiger partial charge in [-0.2, -0.15) is 0 Å². The van der Waals surface area contributed by atoms with Gasteiger partial charge in [0.05, 0.1) is 11.3 Å². The standard InChI is InChI=1S/C18H18N2O2/c1-18(2,3)14-7-4-12(5-8-14)15-11-20-10-13(17(21)22)6-9-16(20)19-15/h4-11H,1-3H3,(H,21,22). The number of hydrogen-bond acceptors (Lipinski definition) is 2. The van der Waals surface area contributed by atoms with E-state index in [1.165, 1.54) is 5.56 Å². The van der Waals surface area contributed by atoms with Crippen LogP contribution in [0, 0.1) is 0 Å². The van der Waals surface area contributed by atoms with Crippen LogP contribution in [0.15, 0.2) is 48.8 Å². The first-order valence-electron chi connectivity index (χ1n) is 7.17. The van der Waals surface area contributed by atoms with Crippen molar-refractivity contribution in [1.82, 2.24) is 9.38 Å². The first-order valence-corrected chi connectivity index (χ1v) is 7.17. The number of carboxylic acid groups (broad SMARTS) is 1. The molecule has 0 radical (unpaired) electrons. The molecule has 0 bridgehead atoms. The van der Waals surface area contributed by atoms with Crippen molar-refractivity contribution >= 4 is 11.6 Å². The van der Waals surface area contributed by atoms with Gasteiger partial charge in [-0.1, -0.05) is 45.0 Å². The molecule has 112 valence electrons. The second-order valence-corrected chi connectivity index (χ2v) is 6.44. The Balaban J connectivity index is 2.01. The Bertz CT molecular complexity index is 840. The molecule has 0 fully saturated rings. The van der Waals surface area contributed by atoms with Gasteiger partial charge in [0.25, 0.3) is 0 Å². The van der Waals surface area contributed by atoms with E-state index in [4.69, 9.17) is 5.11 Å². The smallest absolute Gasteiger partial charge is 0.337 e. The van der Waals surface area contributed by atoms with Crippen LogP contribution in [0.3, 0.4) is 0 Å². The van der Waals surface area contributed by atoms with Gasteiger partial charge >= 0.3 is 5.97 Å². The van der Waals surface area contributed by atoms with Crippen LogP contribution >= 0.6 is 0 Å². The van der Waals surface area contributed by atoms with E-state index in [0.29, 0.717) is 0 Å². The van der Waals surface area contributed by atoms with E-state index in [0.717, 1.165) is 16.9 Å². The maximum atomic E-state index is 11.0. The molecular formula is C18H18N2O2. The number of aromatic carboxylic acids is 1. The molecule has 0 saturated heterocycles. The van der Waals surface area contributed by atoms with Crippen molar-refractivity contribution in [2.45, 2.75) is 26.2 Å². The number of imidazole rings is 1. The maximum Gasteiger partial charge on any atom is 0.337 e. The lowest BCUT2D eigenvalue weighted by Crippen LogP contribution is -2.10. The molecule has 2 heterocycles. The molecule has 1 N–H and O–H groups in total. The molecule has 0 amide bonds. The summed E-state index contributed by atoms with van der Waals surface area (Å²) in [4.78, 5) is 15.6. The summed E-state index contributed by atoms with van der Waals surface area (Å²) in [6.45, 7) is 6.54. The third-order valence-electron chi connectivity index (χ3n) is 3.74. The topological polar surface area (TPSA) is 54.6 Å². The zero-order valence-corrected chi connectivity index (χ0v) is 12.9. The Morgan fingerprint density at radius 3 is 2.32 bits per heavy atom. The van der Waals surface area contributed by atoms with E-state index < -0.39 is 5.97 Å². The Hall–Kier alpha value is -2.62. The van der Waals surface area contributed by atoms with Gasteiger partial charge in [0.1, 0.15) is 5.65 Å². The second-order valence-electron chi connectivity index (χ2n) is 6.44. The number of fused-ring (bicyclic) bond motifs is 1. The van der Waals surface area contributed by atoms with Gasteiger partial charge in [-0.15, -0.1) is 0 Å². The fourth-order valence-corrected chi connectivity index (χ4v) is 2.40. The van der Waals surface area contributed by atoms with Gasteiger partial charge in [0.2, 0.25) is 0 Å². The van der Waals surface area contributed by atoms with Gasteiger partial charge < -0.3 is 9.51 Å². The normalized spacial score (nSPS) is 11.8. The van der Waals surface area contributed by atoms with Crippen molar-refractivity contribution in [3.05, 3.63) is 59.9 Å². The highest BCUT2D eigenvalue weighted by Crippen LogP contribution is 2.26. The summed E-state index contributed by atoms with van der Waals surface area (Å²) in [6.07, 6.45) is 3.44. The number of hydrogen-bond donors (Lipinski definition) is 1. The lowest BCUT2D eigenvalue weighted by atomic mass is 9.86. The summed E-state index contributed by atoms with van der Waals surface area (Å²) in [6, 6.07) is 11.6. The number of nitrogens with zero attached hydrogens (tertiary/aromatic N) is 2. The number of pyridine rings is 1. The van der Waals surface area contributed by atoms with Crippen LogP contribution in [0.4, 0.5) is 0 Å². The molecule has 0 spiro atoms. The van der Waals surface area contributed by atoms with Crippen LogP contribution in [-0.2, 0) is 5.41 Å². The SMILES string of the molecule is CC(C)(C)c1ccc(-c2cn3cc(C(=O)O)ccc3n2)cc1. The van der Waals surface area contributed by atoms with E-state index >= 15 is 0 Å². The molecule has 2 aromatic heterocycles. The largest absolute Gasteiger partial charge is 0.478 e. The van der Waals surface area contributed by atoms with Crippen LogP contribution in [0.1, 0.15) is 36.7 Å². The maximum absolute atomic E-state index is 11.0. The van der Waals surface area contributed by atoms with Crippen molar-refractivity contribution in [2.24, 2.45) is 0 Å². The monoisotopic (exact) mass is 294 g/mol. The Morgan fingerprint density at radius 2 is 1.73 bits per heavy atom. The quantitative estimate of drug-likeness (QED) is 0.777. The fourth-order valence-electron chi connectivity index (χ4n) is 2.40. The number of benzene rings is 1. The molecule has 0 aliphatic heterocycles. The lowest BCUT2D eigenvalue weighted by Gasteiger charge is -2.18. The molecule has 1 aromatic carbocycles. The van der Waals surface area contributed by atoms with Gasteiger partial charge in [-0.25, -0.2) is 9.78 Å². The molecule has 0 unspecified atom stereocenters. The van der Waals surface area contributed by atoms with Crippen molar-refractivity contribution in [3.63, 3.8) is 0 Å². The number of rotatable bonds is 2. The summed E-state index contributed by atoms with van der Waals surface area (Å²) in [5.74, 6) is -0.938. The van der Waals surface area contributed by atoms with Crippen molar-refractivity contribution in [3.8, 4) is 11.3 Å². The van der Waals surface area contributed by atoms with Gasteiger partial charge in [0.15, 0.2) is 0 Å². The van der Waals surface area contributed by atoms with E-state index in [-0.39, 0.29) is 11.0 Å². The van der Waals surface area contributed by atoms with Crippen molar-refractivity contribution in [1.29, 1.82) is 0 Å². The van der Waals surface area contributed by atoms with Crippen LogP contribution in [0.25, 0.3) is 16.9 Å². The number of carbonyl (C=O) groups is 1. The van der Waals surface area contributed by atoms with E-state index in [1.54, 1.807) is 22.7 Å². The molecule has 3 aromatic rings. The second kappa shape index (κ2) is 4.98. The lowest BCUT2D eigenvalue weighted by molar-refractivity contribution is 0.0696. The first kappa shape index (κ1) is 14.3. The summed E-state index contributed by atoms with van der Waals surface area (Å²) in [7, 11) is 0. The molecule has 0 aliphatic rings. The van der Waals surface area contributed by atoms with Crippen molar-refractivity contribution < 1.29 is 9.90 Å². The predicted octanol–water partition coefficient (Wildman–Crippen LogP) is 4.00. The minimum Gasteiger partial charge on any atom is -0.478 e. The Morgan fingerprint density at radius 1 is 1.05 bits per heavy atom. The number of aromatic nitrogens is 2. The highest BCUT2D eigenvalue weighted by Gasteiger charge is 2.14. The molecule has 0 aliphatic carbocycles. The molecular weight excluding hydrogens is 276 g/mol. The minimum atomic E-state index is -0.938. The van der Waals surface area contributed by atoms with E-state index in [2.05, 4.69) is 50.0 Å². The van der Waals surface area contributed by atoms with Crippen LogP contribution in [-0.4, -0.2) is 20.5 Å². The summed E-state index contributed by atoms with van der Waals surface area (Å²) >= 11 is 0. The van der Waals surface area contributed by atoms with Gasteiger partial charge in [0, 0.05) is 18.0 Å². The fraction of sp³-hybridized carbons (Fsp3) is 0.222. The highest BCUT2D eigenvalue weighted by molar-refractivity contribution is 5.87. The van der Waals surface area contributed by atoms with Crippen LogP contribution in [0.5, 0.6) is 0 Å². The summed E-state index contributed by atoms with van der Waals surface area (Å²) in [5.41, 5.74) is 4.23. The Labute approximate surface area is 129 Å². The zero-order valence-electron chi connectivity index (χ0n) is 12.9. The van der Waals surface area contributed by atoms with Crippen molar-refractivity contribution in [2.75, 3.05) is 0 Å². The molecule has 4 nitrogen and oxygen atoms in total. The minimum absolute atomic E-state index is 0.119. The molecule has 22 heavy (non-hydrogen) atoms. The summed E-state index contributed by atoms with van der Waals surface area (Å²) < 4.78 is 1.75. The van der Waals surface area contributed by atoms with E-state index in [1.807, 2.05) is 6.20 Å². The zero-order chi connectivity index (χ0) is 15.9. The third-order valence-corrected chi connectivity index (χ3v) is 3.74. The third kappa shape index (κ3) is 2.60. The van der Waals surface area contributed by atoms with Gasteiger partial charge in [-0.3, -0.25) is 0 Å². The average Bonchev–Trinajstić information content (AvgIpc) is 2.89. The molecule has 0 saturated carbocycles. The Kier molecular flexibility index (Phi) is 3.24. The predicted molar refractivity (Wildman–Crippen MR) is 86.3 cm³/mol. The molecule has 0 atom stereocenters. The van der Waals surface area contributed by atoms with E-state index in [9.17, 15) is 4.79 Å². The van der Waals surface area contributed by atoms with Crippen LogP contribution in [0.2, 0.25) is 0 Å². The highest BCUT2D eigenvalue weighted by atomic mass is 16.4. The number of carboxylic acids is 1. The average molecular weight is 294 g/mol. The molecule has 4 heteroatoms. The first-order chi connectivity index (χ1) is 10.3. The molecule has 3 rings (SSSR count). The van der Waals surface area contributed by atoms with Gasteiger partial charge in [-0.05, 0) is 23.1 Å².